The summed E-state index contributed by atoms with van der Waals surface area (Å²) < 4.78 is 0.922. The number of benzene rings is 1. The second-order valence-corrected chi connectivity index (χ2v) is 4.12. The summed E-state index contributed by atoms with van der Waals surface area (Å²) in [4.78, 5) is 0. The summed E-state index contributed by atoms with van der Waals surface area (Å²) in [5, 5.41) is 17.0. The minimum atomic E-state index is 0.277. The molecule has 1 heterocycles. The van der Waals surface area contributed by atoms with Crippen LogP contribution in [0.15, 0.2) is 41.0 Å². The Kier molecular flexibility index (Phi) is 2.97. The number of rotatable bonds is 2. The highest BCUT2D eigenvalue weighted by molar-refractivity contribution is 9.10. The highest BCUT2D eigenvalue weighted by atomic mass is 79.9. The zero-order valence-corrected chi connectivity index (χ0v) is 9.48. The van der Waals surface area contributed by atoms with E-state index in [2.05, 4.69) is 26.1 Å². The Bertz CT molecular complexity index is 456. The fraction of sp³-hybridized carbons (Fsp3) is 0.0909. The Balaban J connectivity index is 2.18. The number of phenols is 1. The number of halogens is 1. The molecule has 3 nitrogen and oxygen atoms in total. The van der Waals surface area contributed by atoms with E-state index in [0.717, 1.165) is 15.7 Å². The molecule has 0 saturated heterocycles. The Hall–Kier alpha value is -1.42. The highest BCUT2D eigenvalue weighted by Crippen LogP contribution is 2.14. The van der Waals surface area contributed by atoms with Crippen molar-refractivity contribution < 1.29 is 5.11 Å². The van der Waals surface area contributed by atoms with Crippen LogP contribution in [0, 0.1) is 0 Å². The minimum absolute atomic E-state index is 0.277. The van der Waals surface area contributed by atoms with Gasteiger partial charge in [0.2, 0.25) is 0 Å². The van der Waals surface area contributed by atoms with Crippen LogP contribution >= 0.6 is 15.9 Å². The SMILES string of the molecule is Oc1ccc(Cc2cc(Br)cnn2)cc1. The zero-order chi connectivity index (χ0) is 10.7. The van der Waals surface area contributed by atoms with Crippen molar-refractivity contribution >= 4 is 15.9 Å². The van der Waals surface area contributed by atoms with Gasteiger partial charge in [0, 0.05) is 10.9 Å². The molecule has 2 rings (SSSR count). The fourth-order valence-corrected chi connectivity index (χ4v) is 1.65. The van der Waals surface area contributed by atoms with Gasteiger partial charge in [0.1, 0.15) is 5.75 Å². The van der Waals surface area contributed by atoms with Gasteiger partial charge in [-0.1, -0.05) is 12.1 Å². The van der Waals surface area contributed by atoms with Crippen molar-refractivity contribution in [2.45, 2.75) is 6.42 Å². The minimum Gasteiger partial charge on any atom is -0.508 e. The molecule has 0 spiro atoms. The number of phenolic OH excluding ortho intramolecular Hbond substituents is 1. The van der Waals surface area contributed by atoms with Crippen LogP contribution in [0.1, 0.15) is 11.3 Å². The van der Waals surface area contributed by atoms with E-state index in [9.17, 15) is 0 Å². The maximum Gasteiger partial charge on any atom is 0.115 e. The highest BCUT2D eigenvalue weighted by Gasteiger charge is 1.99. The van der Waals surface area contributed by atoms with Gasteiger partial charge < -0.3 is 5.11 Å². The van der Waals surface area contributed by atoms with Crippen LogP contribution < -0.4 is 0 Å². The molecule has 76 valence electrons. The lowest BCUT2D eigenvalue weighted by molar-refractivity contribution is 0.475. The molecule has 15 heavy (non-hydrogen) atoms. The van der Waals surface area contributed by atoms with Crippen LogP contribution in [0.4, 0.5) is 0 Å². The van der Waals surface area contributed by atoms with Gasteiger partial charge in [-0.05, 0) is 39.7 Å². The van der Waals surface area contributed by atoms with E-state index < -0.39 is 0 Å². The summed E-state index contributed by atoms with van der Waals surface area (Å²) in [6.07, 6.45) is 2.37. The van der Waals surface area contributed by atoms with Crippen LogP contribution in [0.2, 0.25) is 0 Å². The van der Waals surface area contributed by atoms with Gasteiger partial charge in [-0.3, -0.25) is 0 Å². The van der Waals surface area contributed by atoms with Crippen molar-refractivity contribution in [3.63, 3.8) is 0 Å². The van der Waals surface area contributed by atoms with Crippen LogP contribution in [-0.2, 0) is 6.42 Å². The third-order valence-corrected chi connectivity index (χ3v) is 2.43. The lowest BCUT2D eigenvalue weighted by Crippen LogP contribution is -1.93. The van der Waals surface area contributed by atoms with Crippen LogP contribution in [0.25, 0.3) is 0 Å². The molecule has 0 bridgehead atoms. The Morgan fingerprint density at radius 1 is 1.20 bits per heavy atom. The van der Waals surface area contributed by atoms with Crippen molar-refractivity contribution in [1.82, 2.24) is 10.2 Å². The summed E-state index contributed by atoms with van der Waals surface area (Å²) >= 11 is 3.34. The van der Waals surface area contributed by atoms with E-state index in [0.29, 0.717) is 6.42 Å². The maximum atomic E-state index is 9.13. The van der Waals surface area contributed by atoms with Gasteiger partial charge in [-0.2, -0.15) is 10.2 Å². The predicted molar refractivity (Wildman–Crippen MR) is 60.6 cm³/mol. The van der Waals surface area contributed by atoms with Gasteiger partial charge in [-0.25, -0.2) is 0 Å². The van der Waals surface area contributed by atoms with Crippen molar-refractivity contribution in [1.29, 1.82) is 0 Å². The lowest BCUT2D eigenvalue weighted by Gasteiger charge is -2.00. The van der Waals surface area contributed by atoms with Gasteiger partial charge in [0.05, 0.1) is 11.9 Å². The molecule has 1 aromatic carbocycles. The van der Waals surface area contributed by atoms with Crippen molar-refractivity contribution in [3.8, 4) is 5.75 Å². The molecular formula is C11H9BrN2O. The number of nitrogens with zero attached hydrogens (tertiary/aromatic N) is 2. The lowest BCUT2D eigenvalue weighted by atomic mass is 10.1. The van der Waals surface area contributed by atoms with E-state index >= 15 is 0 Å². The van der Waals surface area contributed by atoms with Crippen LogP contribution in [-0.4, -0.2) is 15.3 Å². The first-order chi connectivity index (χ1) is 7.24. The van der Waals surface area contributed by atoms with E-state index in [1.807, 2.05) is 18.2 Å². The molecule has 0 saturated carbocycles. The summed E-state index contributed by atoms with van der Waals surface area (Å²) in [6.45, 7) is 0. The first-order valence-corrected chi connectivity index (χ1v) is 5.28. The van der Waals surface area contributed by atoms with Crippen molar-refractivity contribution in [2.24, 2.45) is 0 Å². The fourth-order valence-electron chi connectivity index (χ4n) is 1.29. The quantitative estimate of drug-likeness (QED) is 0.907. The largest absolute Gasteiger partial charge is 0.508 e. The van der Waals surface area contributed by atoms with E-state index in [1.54, 1.807) is 18.3 Å². The third kappa shape index (κ3) is 2.76. The number of hydrogen-bond acceptors (Lipinski definition) is 3. The topological polar surface area (TPSA) is 46.0 Å². The standard InChI is InChI=1S/C11H9BrN2O/c12-9-6-10(14-13-7-9)5-8-1-3-11(15)4-2-8/h1-4,6-7,15H,5H2. The molecular weight excluding hydrogens is 256 g/mol. The second kappa shape index (κ2) is 4.40. The maximum absolute atomic E-state index is 9.13. The molecule has 1 N–H and O–H groups in total. The number of hydrogen-bond donors (Lipinski definition) is 1. The first kappa shape index (κ1) is 10.1. The monoisotopic (exact) mass is 264 g/mol. The summed E-state index contributed by atoms with van der Waals surface area (Å²) in [6, 6.07) is 9.01. The Morgan fingerprint density at radius 3 is 2.60 bits per heavy atom. The van der Waals surface area contributed by atoms with E-state index in [-0.39, 0.29) is 5.75 Å². The van der Waals surface area contributed by atoms with E-state index in [1.165, 1.54) is 0 Å². The van der Waals surface area contributed by atoms with Crippen LogP contribution in [0.5, 0.6) is 5.75 Å². The zero-order valence-electron chi connectivity index (χ0n) is 7.89. The average molecular weight is 265 g/mol. The third-order valence-electron chi connectivity index (χ3n) is 1.99. The van der Waals surface area contributed by atoms with Crippen molar-refractivity contribution in [3.05, 3.63) is 52.3 Å². The van der Waals surface area contributed by atoms with Gasteiger partial charge in [0.25, 0.3) is 0 Å². The predicted octanol–water partition coefficient (Wildman–Crippen LogP) is 2.54. The molecule has 4 heteroatoms. The molecule has 0 aliphatic rings. The Labute approximate surface area is 95.9 Å². The summed E-state index contributed by atoms with van der Waals surface area (Å²) in [7, 11) is 0. The molecule has 0 fully saturated rings. The molecule has 0 amide bonds. The van der Waals surface area contributed by atoms with Gasteiger partial charge >= 0.3 is 0 Å². The molecule has 0 atom stereocenters. The molecule has 1 aromatic heterocycles. The number of aromatic nitrogens is 2. The molecule has 0 aliphatic heterocycles. The Morgan fingerprint density at radius 2 is 1.93 bits per heavy atom. The van der Waals surface area contributed by atoms with Crippen LogP contribution in [0.3, 0.4) is 0 Å². The summed E-state index contributed by atoms with van der Waals surface area (Å²) in [5.74, 6) is 0.277. The smallest absolute Gasteiger partial charge is 0.115 e. The number of aromatic hydroxyl groups is 1. The second-order valence-electron chi connectivity index (χ2n) is 3.21. The molecule has 0 radical (unpaired) electrons. The average Bonchev–Trinajstić information content (AvgIpc) is 2.22. The normalized spacial score (nSPS) is 10.2. The van der Waals surface area contributed by atoms with Gasteiger partial charge in [-0.15, -0.1) is 0 Å². The van der Waals surface area contributed by atoms with Gasteiger partial charge in [0.15, 0.2) is 0 Å². The van der Waals surface area contributed by atoms with E-state index in [4.69, 9.17) is 5.11 Å². The molecule has 0 aliphatic carbocycles. The molecule has 0 unspecified atom stereocenters. The summed E-state index contributed by atoms with van der Waals surface area (Å²) in [5.41, 5.74) is 2.00. The van der Waals surface area contributed by atoms with Crippen molar-refractivity contribution in [2.75, 3.05) is 0 Å². The molecule has 2 aromatic rings. The first-order valence-electron chi connectivity index (χ1n) is 4.49.